The Morgan fingerprint density at radius 1 is 1.19 bits per heavy atom. The Hall–Kier alpha value is -1.78. The Bertz CT molecular complexity index is 872. The van der Waals surface area contributed by atoms with E-state index >= 15 is 0 Å². The third-order valence-corrected chi connectivity index (χ3v) is 6.89. The number of aryl methyl sites for hydroxylation is 1. The van der Waals surface area contributed by atoms with Crippen LogP contribution in [0.2, 0.25) is 0 Å². The topological polar surface area (TPSA) is 8.81 Å². The molecule has 0 spiro atoms. The van der Waals surface area contributed by atoms with Gasteiger partial charge in [-0.1, -0.05) is 39.0 Å². The highest BCUT2D eigenvalue weighted by molar-refractivity contribution is 5.72. The third-order valence-electron chi connectivity index (χ3n) is 6.89. The molecular formula is C21H26F3N2+. The van der Waals surface area contributed by atoms with E-state index in [9.17, 15) is 13.2 Å². The van der Waals surface area contributed by atoms with Gasteiger partial charge in [0, 0.05) is 18.8 Å². The van der Waals surface area contributed by atoms with Crippen molar-refractivity contribution in [2.24, 2.45) is 7.05 Å². The summed E-state index contributed by atoms with van der Waals surface area (Å²) in [7, 11) is 1.60. The number of aromatic nitrogens is 2. The monoisotopic (exact) mass is 363 g/mol. The maximum absolute atomic E-state index is 14.0. The smallest absolute Gasteiger partial charge is 0.164 e. The highest BCUT2D eigenvalue weighted by Gasteiger charge is 2.57. The number of halogens is 3. The van der Waals surface area contributed by atoms with Crippen molar-refractivity contribution in [3.63, 3.8) is 0 Å². The fraction of sp³-hybridized carbons (Fsp3) is 0.571. The zero-order valence-corrected chi connectivity index (χ0v) is 15.9. The molecule has 2 aromatic rings. The minimum atomic E-state index is -4.34. The van der Waals surface area contributed by atoms with E-state index in [2.05, 4.69) is 39.0 Å². The number of benzene rings is 1. The molecule has 0 fully saturated rings. The zero-order chi connectivity index (χ0) is 18.9. The molecule has 2 nitrogen and oxygen atoms in total. The predicted octanol–water partition coefficient (Wildman–Crippen LogP) is 5.12. The third kappa shape index (κ3) is 2.03. The SMILES string of the molecule is CCC1(CC)C(C)c2cccc3c2-c2c(c(C(F)(F)F)n(C)[n+]21)CCC3. The van der Waals surface area contributed by atoms with Gasteiger partial charge in [0.2, 0.25) is 5.69 Å². The van der Waals surface area contributed by atoms with Gasteiger partial charge in [-0.15, -0.1) is 4.68 Å². The zero-order valence-electron chi connectivity index (χ0n) is 15.9. The van der Waals surface area contributed by atoms with Crippen molar-refractivity contribution in [1.82, 2.24) is 4.68 Å². The molecule has 2 aliphatic rings. The van der Waals surface area contributed by atoms with Gasteiger partial charge in [-0.3, -0.25) is 0 Å². The molecule has 0 amide bonds. The van der Waals surface area contributed by atoms with Crippen LogP contribution in [0.15, 0.2) is 18.2 Å². The van der Waals surface area contributed by atoms with Gasteiger partial charge in [-0.2, -0.15) is 17.9 Å². The minimum Gasteiger partial charge on any atom is -0.164 e. The van der Waals surface area contributed by atoms with E-state index in [1.807, 2.05) is 4.68 Å². The summed E-state index contributed by atoms with van der Waals surface area (Å²) in [4.78, 5) is 0. The van der Waals surface area contributed by atoms with Gasteiger partial charge in [0.1, 0.15) is 0 Å². The van der Waals surface area contributed by atoms with Crippen molar-refractivity contribution < 1.29 is 17.9 Å². The molecule has 4 rings (SSSR count). The Morgan fingerprint density at radius 2 is 1.88 bits per heavy atom. The molecule has 0 saturated carbocycles. The van der Waals surface area contributed by atoms with Crippen molar-refractivity contribution in [2.45, 2.75) is 70.5 Å². The van der Waals surface area contributed by atoms with Crippen molar-refractivity contribution in [2.75, 3.05) is 0 Å². The summed E-state index contributed by atoms with van der Waals surface area (Å²) in [6.07, 6.45) is -0.643. The Morgan fingerprint density at radius 3 is 2.50 bits per heavy atom. The van der Waals surface area contributed by atoms with Crippen LogP contribution in [0.1, 0.15) is 68.3 Å². The molecule has 0 radical (unpaired) electrons. The average Bonchev–Trinajstić information content (AvgIpc) is 2.77. The second kappa shape index (κ2) is 5.61. The van der Waals surface area contributed by atoms with Crippen LogP contribution in [-0.4, -0.2) is 4.68 Å². The number of rotatable bonds is 2. The Balaban J connectivity index is 2.21. The van der Waals surface area contributed by atoms with Gasteiger partial charge >= 0.3 is 6.18 Å². The van der Waals surface area contributed by atoms with E-state index in [0.29, 0.717) is 12.0 Å². The average molecular weight is 363 g/mol. The van der Waals surface area contributed by atoms with Crippen LogP contribution < -0.4 is 4.68 Å². The fourth-order valence-electron chi connectivity index (χ4n) is 5.62. The molecule has 1 aromatic heterocycles. The van der Waals surface area contributed by atoms with Crippen molar-refractivity contribution in [3.8, 4) is 11.3 Å². The van der Waals surface area contributed by atoms with Gasteiger partial charge in [0.15, 0.2) is 11.2 Å². The maximum atomic E-state index is 14.0. The molecule has 0 bridgehead atoms. The number of nitrogens with zero attached hydrogens (tertiary/aromatic N) is 2. The van der Waals surface area contributed by atoms with Crippen LogP contribution in [0, 0.1) is 0 Å². The van der Waals surface area contributed by atoms with Crippen LogP contribution in [-0.2, 0) is 31.6 Å². The predicted molar refractivity (Wildman–Crippen MR) is 95.0 cm³/mol. The van der Waals surface area contributed by atoms with Crippen molar-refractivity contribution >= 4 is 0 Å². The lowest BCUT2D eigenvalue weighted by Gasteiger charge is -2.37. The van der Waals surface area contributed by atoms with Crippen LogP contribution in [0.5, 0.6) is 0 Å². The summed E-state index contributed by atoms with van der Waals surface area (Å²) in [6.45, 7) is 6.39. The van der Waals surface area contributed by atoms with Gasteiger partial charge in [-0.05, 0) is 30.4 Å². The van der Waals surface area contributed by atoms with Gasteiger partial charge in [0.25, 0.3) is 0 Å². The summed E-state index contributed by atoms with van der Waals surface area (Å²) in [6, 6.07) is 6.30. The number of hydrogen-bond donors (Lipinski definition) is 0. The molecule has 140 valence electrons. The van der Waals surface area contributed by atoms with Crippen LogP contribution in [0.3, 0.4) is 0 Å². The lowest BCUT2D eigenvalue weighted by molar-refractivity contribution is -0.830. The Kier molecular flexibility index (Phi) is 3.80. The van der Waals surface area contributed by atoms with Crippen molar-refractivity contribution in [1.29, 1.82) is 0 Å². The fourth-order valence-corrected chi connectivity index (χ4v) is 5.62. The van der Waals surface area contributed by atoms with Crippen LogP contribution >= 0.6 is 0 Å². The highest BCUT2D eigenvalue weighted by atomic mass is 19.4. The summed E-state index contributed by atoms with van der Waals surface area (Å²) in [5, 5.41) is 0. The number of alkyl halides is 3. The molecule has 1 atom stereocenters. The second-order valence-electron chi connectivity index (χ2n) is 7.78. The Labute approximate surface area is 152 Å². The van der Waals surface area contributed by atoms with E-state index in [1.165, 1.54) is 15.8 Å². The summed E-state index contributed by atoms with van der Waals surface area (Å²) in [5.74, 6) is 0.172. The summed E-state index contributed by atoms with van der Waals surface area (Å²) >= 11 is 0. The largest absolute Gasteiger partial charge is 0.437 e. The molecule has 0 saturated heterocycles. The first-order valence-corrected chi connectivity index (χ1v) is 9.61. The lowest BCUT2D eigenvalue weighted by Crippen LogP contribution is -2.65. The standard InChI is InChI=1S/C21H26F3N2/c1-5-20(6-2)13(3)15-11-7-9-14-10-8-12-16-18(17(14)15)26(20)25(4)19(16)21(22,23)24/h7,9,11,13H,5-6,8,10,12H2,1-4H3/q+1. The quantitative estimate of drug-likeness (QED) is 0.655. The maximum Gasteiger partial charge on any atom is 0.437 e. The van der Waals surface area contributed by atoms with Gasteiger partial charge in [-0.25, -0.2) is 0 Å². The summed E-state index contributed by atoms with van der Waals surface area (Å²) < 4.78 is 45.5. The molecule has 1 aliphatic heterocycles. The van der Waals surface area contributed by atoms with E-state index in [4.69, 9.17) is 0 Å². The minimum absolute atomic E-state index is 0.172. The molecule has 1 unspecified atom stereocenters. The molecule has 26 heavy (non-hydrogen) atoms. The van der Waals surface area contributed by atoms with Crippen LogP contribution in [0.25, 0.3) is 11.3 Å². The molecule has 1 aliphatic carbocycles. The van der Waals surface area contributed by atoms with Gasteiger partial charge < -0.3 is 0 Å². The molecule has 2 heterocycles. The molecule has 1 aromatic carbocycles. The second-order valence-corrected chi connectivity index (χ2v) is 7.78. The summed E-state index contributed by atoms with van der Waals surface area (Å²) in [5.41, 5.74) is 3.99. The van der Waals surface area contributed by atoms with E-state index in [1.54, 1.807) is 7.05 Å². The first-order valence-electron chi connectivity index (χ1n) is 9.61. The molecule has 0 N–H and O–H groups in total. The normalized spacial score (nSPS) is 20.7. The van der Waals surface area contributed by atoms with E-state index in [-0.39, 0.29) is 11.5 Å². The lowest BCUT2D eigenvalue weighted by atomic mass is 9.71. The first-order chi connectivity index (χ1) is 12.3. The van der Waals surface area contributed by atoms with Crippen molar-refractivity contribution in [3.05, 3.63) is 40.6 Å². The van der Waals surface area contributed by atoms with Crippen LogP contribution in [0.4, 0.5) is 13.2 Å². The number of hydrogen-bond acceptors (Lipinski definition) is 0. The molecule has 5 heteroatoms. The van der Waals surface area contributed by atoms with E-state index in [0.717, 1.165) is 36.9 Å². The molecular weight excluding hydrogens is 337 g/mol. The highest BCUT2D eigenvalue weighted by Crippen LogP contribution is 2.50. The van der Waals surface area contributed by atoms with E-state index < -0.39 is 11.9 Å². The first kappa shape index (κ1) is 17.6. The van der Waals surface area contributed by atoms with Gasteiger partial charge in [0.05, 0.1) is 18.2 Å².